The lowest BCUT2D eigenvalue weighted by Gasteiger charge is -2.20. The van der Waals surface area contributed by atoms with E-state index >= 15 is 0 Å². The van der Waals surface area contributed by atoms with Crippen LogP contribution in [0.1, 0.15) is 22.7 Å². The van der Waals surface area contributed by atoms with Crippen molar-refractivity contribution in [1.29, 1.82) is 0 Å². The number of aryl methyl sites for hydroxylation is 1. The molecule has 0 saturated heterocycles. The van der Waals surface area contributed by atoms with Gasteiger partial charge < -0.3 is 9.47 Å². The van der Waals surface area contributed by atoms with E-state index in [9.17, 15) is 8.42 Å². The van der Waals surface area contributed by atoms with Crippen LogP contribution in [0.2, 0.25) is 0 Å². The van der Waals surface area contributed by atoms with Crippen LogP contribution in [0.15, 0.2) is 77.7 Å². The number of hydrogen-bond donors (Lipinski definition) is 1. The Hall–Kier alpha value is -2.83. The highest BCUT2D eigenvalue weighted by atomic mass is 32.2. The molecule has 29 heavy (non-hydrogen) atoms. The van der Waals surface area contributed by atoms with Gasteiger partial charge in [-0.05, 0) is 60.9 Å². The Morgan fingerprint density at radius 1 is 0.793 bits per heavy atom. The van der Waals surface area contributed by atoms with Crippen LogP contribution in [-0.4, -0.2) is 22.6 Å². The first kappa shape index (κ1) is 20.9. The van der Waals surface area contributed by atoms with Crippen LogP contribution in [0, 0.1) is 6.92 Å². The molecule has 0 amide bonds. The van der Waals surface area contributed by atoms with Gasteiger partial charge in [0.1, 0.15) is 11.5 Å². The smallest absolute Gasteiger partial charge is 0.241 e. The average Bonchev–Trinajstić information content (AvgIpc) is 2.74. The minimum atomic E-state index is -3.68. The van der Waals surface area contributed by atoms with Crippen molar-refractivity contribution in [1.82, 2.24) is 4.72 Å². The fourth-order valence-corrected chi connectivity index (χ4v) is 4.26. The largest absolute Gasteiger partial charge is 0.497 e. The van der Waals surface area contributed by atoms with Crippen molar-refractivity contribution in [3.63, 3.8) is 0 Å². The van der Waals surface area contributed by atoms with Gasteiger partial charge in [-0.15, -0.1) is 0 Å². The summed E-state index contributed by atoms with van der Waals surface area (Å²) in [6.45, 7) is 1.92. The Morgan fingerprint density at radius 3 is 1.83 bits per heavy atom. The number of methoxy groups -OCH3 is 2. The van der Waals surface area contributed by atoms with Crippen molar-refractivity contribution in [2.75, 3.05) is 14.2 Å². The molecule has 0 bridgehead atoms. The lowest BCUT2D eigenvalue weighted by Crippen LogP contribution is -2.30. The molecule has 0 aliphatic carbocycles. The van der Waals surface area contributed by atoms with Crippen LogP contribution in [-0.2, 0) is 16.4 Å². The van der Waals surface area contributed by atoms with E-state index in [2.05, 4.69) is 4.72 Å². The van der Waals surface area contributed by atoms with E-state index < -0.39 is 16.1 Å². The first-order valence-corrected chi connectivity index (χ1v) is 10.8. The second-order valence-electron chi connectivity index (χ2n) is 6.81. The first-order valence-electron chi connectivity index (χ1n) is 9.27. The number of rotatable bonds is 8. The lowest BCUT2D eigenvalue weighted by atomic mass is 9.99. The average molecular weight is 412 g/mol. The molecular formula is C23H25NO4S. The molecule has 3 aromatic carbocycles. The highest BCUT2D eigenvalue weighted by molar-refractivity contribution is 7.89. The molecule has 0 saturated carbocycles. The number of benzene rings is 3. The number of ether oxygens (including phenoxy) is 2. The summed E-state index contributed by atoms with van der Waals surface area (Å²) in [7, 11) is -0.462. The van der Waals surface area contributed by atoms with Gasteiger partial charge in [0.2, 0.25) is 10.0 Å². The Kier molecular flexibility index (Phi) is 6.56. The van der Waals surface area contributed by atoms with Gasteiger partial charge in [-0.3, -0.25) is 0 Å². The molecular weight excluding hydrogens is 386 g/mol. The third kappa shape index (κ3) is 5.37. The van der Waals surface area contributed by atoms with Gasteiger partial charge in [0.25, 0.3) is 0 Å². The zero-order chi connectivity index (χ0) is 20.9. The molecule has 1 N–H and O–H groups in total. The molecule has 1 unspecified atom stereocenters. The van der Waals surface area contributed by atoms with E-state index in [4.69, 9.17) is 9.47 Å². The zero-order valence-corrected chi connectivity index (χ0v) is 17.6. The van der Waals surface area contributed by atoms with Crippen LogP contribution < -0.4 is 14.2 Å². The molecule has 0 aliphatic heterocycles. The molecule has 0 spiro atoms. The fraction of sp³-hybridized carbons (Fsp3) is 0.217. The van der Waals surface area contributed by atoms with Crippen molar-refractivity contribution < 1.29 is 17.9 Å². The SMILES string of the molecule is COc1ccc(CC(NS(=O)(=O)c2ccc(C)cc2)c2ccc(OC)cc2)cc1. The quantitative estimate of drug-likeness (QED) is 0.601. The highest BCUT2D eigenvalue weighted by Crippen LogP contribution is 2.25. The summed E-state index contributed by atoms with van der Waals surface area (Å²) in [5.74, 6) is 1.48. The topological polar surface area (TPSA) is 64.6 Å². The van der Waals surface area contributed by atoms with Crippen LogP contribution in [0.25, 0.3) is 0 Å². The van der Waals surface area contributed by atoms with Crippen LogP contribution in [0.4, 0.5) is 0 Å². The molecule has 6 heteroatoms. The van der Waals surface area contributed by atoms with E-state index in [-0.39, 0.29) is 4.90 Å². The molecule has 0 fully saturated rings. The maximum absolute atomic E-state index is 13.0. The molecule has 152 valence electrons. The molecule has 5 nitrogen and oxygen atoms in total. The summed E-state index contributed by atoms with van der Waals surface area (Å²) in [4.78, 5) is 0.247. The summed E-state index contributed by atoms with van der Waals surface area (Å²) in [6.07, 6.45) is 0.501. The molecule has 0 radical (unpaired) electrons. The predicted octanol–water partition coefficient (Wildman–Crippen LogP) is 4.27. The summed E-state index contributed by atoms with van der Waals surface area (Å²) in [6, 6.07) is 21.4. The van der Waals surface area contributed by atoms with Gasteiger partial charge in [0, 0.05) is 0 Å². The Bertz CT molecular complexity index is 1030. The second-order valence-corrected chi connectivity index (χ2v) is 8.53. The van der Waals surface area contributed by atoms with Crippen molar-refractivity contribution in [3.05, 3.63) is 89.5 Å². The highest BCUT2D eigenvalue weighted by Gasteiger charge is 2.22. The maximum Gasteiger partial charge on any atom is 0.241 e. The molecule has 0 aliphatic rings. The Balaban J connectivity index is 1.91. The predicted molar refractivity (Wildman–Crippen MR) is 114 cm³/mol. The maximum atomic E-state index is 13.0. The molecule has 3 rings (SSSR count). The number of hydrogen-bond acceptors (Lipinski definition) is 4. The molecule has 3 aromatic rings. The van der Waals surface area contributed by atoms with E-state index in [0.717, 1.165) is 28.2 Å². The molecule has 0 heterocycles. The van der Waals surface area contributed by atoms with Crippen LogP contribution in [0.5, 0.6) is 11.5 Å². The van der Waals surface area contributed by atoms with Crippen molar-refractivity contribution in [2.45, 2.75) is 24.3 Å². The standard InChI is InChI=1S/C23H25NO4S/c1-17-4-14-22(15-5-17)29(25,26)24-23(19-8-12-21(28-3)13-9-19)16-18-6-10-20(27-2)11-7-18/h4-15,23-24H,16H2,1-3H3. The molecule has 1 atom stereocenters. The van der Waals surface area contributed by atoms with Crippen molar-refractivity contribution >= 4 is 10.0 Å². The lowest BCUT2D eigenvalue weighted by molar-refractivity contribution is 0.414. The van der Waals surface area contributed by atoms with E-state index in [0.29, 0.717) is 6.42 Å². The van der Waals surface area contributed by atoms with Gasteiger partial charge in [-0.2, -0.15) is 0 Å². The van der Waals surface area contributed by atoms with Gasteiger partial charge in [0.05, 0.1) is 25.2 Å². The van der Waals surface area contributed by atoms with E-state index in [1.54, 1.807) is 38.5 Å². The second kappa shape index (κ2) is 9.11. The van der Waals surface area contributed by atoms with E-state index in [1.807, 2.05) is 55.5 Å². The Labute approximate surface area is 172 Å². The van der Waals surface area contributed by atoms with Crippen molar-refractivity contribution in [2.24, 2.45) is 0 Å². The Morgan fingerprint density at radius 2 is 1.31 bits per heavy atom. The van der Waals surface area contributed by atoms with Gasteiger partial charge >= 0.3 is 0 Å². The minimum absolute atomic E-state index is 0.247. The van der Waals surface area contributed by atoms with Gasteiger partial charge in [0.15, 0.2) is 0 Å². The summed E-state index contributed by atoms with van der Waals surface area (Å²) in [5, 5.41) is 0. The zero-order valence-electron chi connectivity index (χ0n) is 16.8. The minimum Gasteiger partial charge on any atom is -0.497 e. The van der Waals surface area contributed by atoms with Crippen LogP contribution >= 0.6 is 0 Å². The van der Waals surface area contributed by atoms with Crippen LogP contribution in [0.3, 0.4) is 0 Å². The van der Waals surface area contributed by atoms with Gasteiger partial charge in [-0.25, -0.2) is 13.1 Å². The first-order chi connectivity index (χ1) is 13.9. The monoisotopic (exact) mass is 411 g/mol. The fourth-order valence-electron chi connectivity index (χ4n) is 3.03. The number of nitrogens with one attached hydrogen (secondary N) is 1. The summed E-state index contributed by atoms with van der Waals surface area (Å²) >= 11 is 0. The number of sulfonamides is 1. The van der Waals surface area contributed by atoms with Gasteiger partial charge in [-0.1, -0.05) is 42.0 Å². The third-order valence-electron chi connectivity index (χ3n) is 4.75. The summed E-state index contributed by atoms with van der Waals surface area (Å²) in [5.41, 5.74) is 2.87. The van der Waals surface area contributed by atoms with E-state index in [1.165, 1.54) is 0 Å². The third-order valence-corrected chi connectivity index (χ3v) is 6.23. The molecule has 0 aromatic heterocycles. The van der Waals surface area contributed by atoms with Crippen molar-refractivity contribution in [3.8, 4) is 11.5 Å². The summed E-state index contributed by atoms with van der Waals surface area (Å²) < 4.78 is 39.3. The normalized spacial score (nSPS) is 12.4.